The molecule has 0 radical (unpaired) electrons. The van der Waals surface area contributed by atoms with Gasteiger partial charge in [0.15, 0.2) is 12.4 Å². The molecule has 7 unspecified atom stereocenters. The molecule has 0 aliphatic carbocycles. The van der Waals surface area contributed by atoms with Crippen LogP contribution >= 0.6 is 0 Å². The molecule has 0 spiro atoms. The third-order valence-electron chi connectivity index (χ3n) is 7.17. The molecule has 1 heterocycles. The number of rotatable bonds is 16. The second-order valence-corrected chi connectivity index (χ2v) is 9.83. The number of ether oxygens (including phenoxy) is 3. The summed E-state index contributed by atoms with van der Waals surface area (Å²) < 4.78 is 17.2. The van der Waals surface area contributed by atoms with E-state index in [4.69, 9.17) is 14.2 Å². The lowest BCUT2D eigenvalue weighted by Gasteiger charge is -2.45. The summed E-state index contributed by atoms with van der Waals surface area (Å²) in [6, 6.07) is -1.21. The lowest BCUT2D eigenvalue weighted by molar-refractivity contribution is -0.324. The van der Waals surface area contributed by atoms with Crippen LogP contribution in [0.25, 0.3) is 0 Å². The van der Waals surface area contributed by atoms with Gasteiger partial charge in [0, 0.05) is 19.4 Å². The van der Waals surface area contributed by atoms with Crippen molar-refractivity contribution in [2.45, 2.75) is 128 Å². The Hall–Kier alpha value is -1.38. The molecule has 1 rings (SSSR count). The number of carboxylic acid groups (broad SMARTS) is 1. The molecule has 1 fully saturated rings. The van der Waals surface area contributed by atoms with E-state index in [1.807, 2.05) is 27.7 Å². The molecule has 0 aromatic carbocycles. The number of carbonyl (C=O) groups excluding carboxylic acids is 1. The third kappa shape index (κ3) is 8.82. The largest absolute Gasteiger partial charge is 0.479 e. The number of hydrogen-bond donors (Lipinski definition) is 7. The predicted octanol–water partition coefficient (Wildman–Crippen LogP) is -0.232. The van der Waals surface area contributed by atoms with Crippen LogP contribution in [0.3, 0.4) is 0 Å². The zero-order valence-electron chi connectivity index (χ0n) is 22.7. The van der Waals surface area contributed by atoms with E-state index in [2.05, 4.69) is 5.32 Å². The summed E-state index contributed by atoms with van der Waals surface area (Å²) in [5.41, 5.74) is 0. The fraction of sp³-hybridized carbons (Fsp3) is 0.920. The first-order chi connectivity index (χ1) is 17.4. The van der Waals surface area contributed by atoms with Crippen molar-refractivity contribution in [3.63, 3.8) is 0 Å². The van der Waals surface area contributed by atoms with Crippen molar-refractivity contribution in [1.82, 2.24) is 5.32 Å². The summed E-state index contributed by atoms with van der Waals surface area (Å²) in [7, 11) is 0. The van der Waals surface area contributed by atoms with Gasteiger partial charge in [-0.05, 0) is 18.8 Å². The quantitative estimate of drug-likeness (QED) is 0.137. The Morgan fingerprint density at radius 2 is 1.51 bits per heavy atom. The Labute approximate surface area is 218 Å². The number of carboxylic acids is 1. The molecule has 0 aromatic heterocycles. The van der Waals surface area contributed by atoms with Gasteiger partial charge >= 0.3 is 5.97 Å². The van der Waals surface area contributed by atoms with Gasteiger partial charge in [0.1, 0.15) is 24.4 Å². The molecular weight excluding hydrogens is 490 g/mol. The fourth-order valence-electron chi connectivity index (χ4n) is 4.63. The lowest BCUT2D eigenvalue weighted by Crippen LogP contribution is -2.65. The Morgan fingerprint density at radius 3 is 1.95 bits per heavy atom. The van der Waals surface area contributed by atoms with Gasteiger partial charge < -0.3 is 50.2 Å². The van der Waals surface area contributed by atoms with E-state index in [0.29, 0.717) is 25.7 Å². The molecule has 1 amide bonds. The van der Waals surface area contributed by atoms with E-state index in [9.17, 15) is 40.2 Å². The Bertz CT molecular complexity index is 688. The number of carbonyl (C=O) groups is 2. The Kier molecular flexibility index (Phi) is 14.5. The number of aliphatic carboxylic acids is 1. The van der Waals surface area contributed by atoms with E-state index in [-0.39, 0.29) is 12.0 Å². The topological polar surface area (TPSA) is 195 Å². The number of aliphatic hydroxyl groups excluding tert-OH is 5. The summed E-state index contributed by atoms with van der Waals surface area (Å²) in [5.74, 6) is -3.07. The minimum Gasteiger partial charge on any atom is -0.479 e. The molecule has 218 valence electrons. The van der Waals surface area contributed by atoms with Crippen molar-refractivity contribution >= 4 is 11.9 Å². The van der Waals surface area contributed by atoms with Crippen LogP contribution in [0.5, 0.6) is 0 Å². The van der Waals surface area contributed by atoms with Gasteiger partial charge in [0.25, 0.3) is 0 Å². The van der Waals surface area contributed by atoms with Crippen molar-refractivity contribution in [2.24, 2.45) is 11.8 Å². The molecule has 1 saturated heterocycles. The molecule has 0 saturated carbocycles. The highest BCUT2D eigenvalue weighted by atomic mass is 16.7. The minimum atomic E-state index is -1.78. The summed E-state index contributed by atoms with van der Waals surface area (Å²) >= 11 is 0. The average Bonchev–Trinajstić information content (AvgIpc) is 2.87. The monoisotopic (exact) mass is 537 g/mol. The van der Waals surface area contributed by atoms with Gasteiger partial charge in [0.05, 0.1) is 24.4 Å². The average molecular weight is 538 g/mol. The van der Waals surface area contributed by atoms with Gasteiger partial charge in [-0.15, -0.1) is 0 Å². The van der Waals surface area contributed by atoms with Crippen molar-refractivity contribution in [1.29, 1.82) is 0 Å². The van der Waals surface area contributed by atoms with E-state index in [1.54, 1.807) is 0 Å². The molecule has 1 aliphatic rings. The molecule has 37 heavy (non-hydrogen) atoms. The molecule has 10 atom stereocenters. The fourth-order valence-corrected chi connectivity index (χ4v) is 4.63. The van der Waals surface area contributed by atoms with Crippen molar-refractivity contribution in [2.75, 3.05) is 6.61 Å². The van der Waals surface area contributed by atoms with Crippen LogP contribution in [0.15, 0.2) is 0 Å². The first-order valence-corrected chi connectivity index (χ1v) is 13.2. The maximum absolute atomic E-state index is 12.1. The van der Waals surface area contributed by atoms with Gasteiger partial charge in [-0.25, -0.2) is 4.79 Å². The minimum absolute atomic E-state index is 0.299. The second-order valence-electron chi connectivity index (χ2n) is 9.83. The highest BCUT2D eigenvalue weighted by Crippen LogP contribution is 2.30. The molecular formula is C25H47NO11. The van der Waals surface area contributed by atoms with Crippen molar-refractivity contribution in [3.05, 3.63) is 0 Å². The van der Waals surface area contributed by atoms with Crippen LogP contribution in [0, 0.1) is 11.8 Å². The maximum Gasteiger partial charge on any atom is 0.335 e. The normalized spacial score (nSPS) is 28.5. The number of hydrogen-bond acceptors (Lipinski definition) is 10. The van der Waals surface area contributed by atoms with Crippen LogP contribution in [-0.2, 0) is 23.8 Å². The molecule has 12 nitrogen and oxygen atoms in total. The molecule has 0 aromatic rings. The zero-order valence-corrected chi connectivity index (χ0v) is 22.7. The second kappa shape index (κ2) is 15.9. The summed E-state index contributed by atoms with van der Waals surface area (Å²) in [6.07, 6.45) is -10.7. The number of amides is 1. The standard InChI is InChI=1S/C25H47NO11/c1-7-14(8-2)18(30)16(26-13(6)28)21(17(29)12(5)11-27)36-25-20(32)19(31)22(23(37-25)24(33)34)35-15(9-3)10-4/h12,14-23,25,27,29-32H,7-11H2,1-6H3,(H,26,28)(H,33,34)/t12?,16-,17?,18?,19-,20?,21?,22?,23?,25+/m1/s1. The van der Waals surface area contributed by atoms with Crippen LogP contribution in [0.2, 0.25) is 0 Å². The van der Waals surface area contributed by atoms with Crippen LogP contribution < -0.4 is 5.32 Å². The van der Waals surface area contributed by atoms with Gasteiger partial charge in [-0.2, -0.15) is 0 Å². The first kappa shape index (κ1) is 33.6. The van der Waals surface area contributed by atoms with Gasteiger partial charge in [0.2, 0.25) is 5.91 Å². The van der Waals surface area contributed by atoms with Crippen LogP contribution in [-0.4, -0.2) is 110 Å². The molecule has 1 aliphatic heterocycles. The van der Waals surface area contributed by atoms with Gasteiger partial charge in [-0.1, -0.05) is 47.5 Å². The molecule has 0 bridgehead atoms. The summed E-state index contributed by atoms with van der Waals surface area (Å²) in [6.45, 7) is 9.66. The number of aliphatic hydroxyl groups is 5. The zero-order chi connectivity index (χ0) is 28.4. The Morgan fingerprint density at radius 1 is 0.946 bits per heavy atom. The van der Waals surface area contributed by atoms with E-state index in [1.165, 1.54) is 13.8 Å². The SMILES string of the molecule is CCC(CC)OC1C(C(=O)O)O[C@H](OC(C(O)C(C)CO)[C@H](NC(C)=O)C(O)C(CC)CC)C(O)[C@H]1O. The third-order valence-corrected chi connectivity index (χ3v) is 7.17. The number of nitrogens with one attached hydrogen (secondary N) is 1. The van der Waals surface area contributed by atoms with Crippen LogP contribution in [0.4, 0.5) is 0 Å². The highest BCUT2D eigenvalue weighted by Gasteiger charge is 2.52. The van der Waals surface area contributed by atoms with Gasteiger partial charge in [-0.3, -0.25) is 4.79 Å². The highest BCUT2D eigenvalue weighted by molar-refractivity contribution is 5.74. The smallest absolute Gasteiger partial charge is 0.335 e. The van der Waals surface area contributed by atoms with E-state index >= 15 is 0 Å². The van der Waals surface area contributed by atoms with Crippen LogP contribution in [0.1, 0.15) is 67.2 Å². The summed E-state index contributed by atoms with van der Waals surface area (Å²) in [5, 5.41) is 65.9. The summed E-state index contributed by atoms with van der Waals surface area (Å²) in [4.78, 5) is 24.1. The molecule has 12 heteroatoms. The maximum atomic E-state index is 12.1. The van der Waals surface area contributed by atoms with Crippen molar-refractivity contribution < 1.29 is 54.4 Å². The van der Waals surface area contributed by atoms with Crippen molar-refractivity contribution in [3.8, 4) is 0 Å². The lowest BCUT2D eigenvalue weighted by atomic mass is 9.84. The predicted molar refractivity (Wildman–Crippen MR) is 132 cm³/mol. The van der Waals surface area contributed by atoms with E-state index in [0.717, 1.165) is 0 Å². The van der Waals surface area contributed by atoms with E-state index < -0.39 is 79.5 Å². The Balaban J connectivity index is 3.41. The molecule has 7 N–H and O–H groups in total. The first-order valence-electron chi connectivity index (χ1n) is 13.2.